The maximum Gasteiger partial charge on any atom is 0.120 e. The number of hydrogen-bond acceptors (Lipinski definition) is 10. The summed E-state index contributed by atoms with van der Waals surface area (Å²) in [6.45, 7) is 81.5. The summed E-state index contributed by atoms with van der Waals surface area (Å²) >= 11 is 0. The fourth-order valence-corrected chi connectivity index (χ4v) is 6.27. The molecule has 1 aliphatic carbocycles. The molecule has 0 heterocycles. The van der Waals surface area contributed by atoms with E-state index in [4.69, 9.17) is 47.4 Å². The molecule has 0 bridgehead atoms. The zero-order valence-corrected chi connectivity index (χ0v) is 66.2. The van der Waals surface area contributed by atoms with Crippen molar-refractivity contribution in [2.75, 3.05) is 68.1 Å². The van der Waals surface area contributed by atoms with Crippen LogP contribution in [0.4, 0.5) is 0 Å². The molecule has 0 amide bonds. The van der Waals surface area contributed by atoms with Gasteiger partial charge >= 0.3 is 0 Å². The number of rotatable bonds is 17. The molecule has 1 saturated carbocycles. The number of methoxy groups -OCH3 is 4. The normalized spacial score (nSPS) is 13.5. The molecule has 86 heavy (non-hydrogen) atoms. The minimum atomic E-state index is -0.0959. The van der Waals surface area contributed by atoms with Crippen LogP contribution in [-0.4, -0.2) is 120 Å². The van der Waals surface area contributed by atoms with E-state index in [0.29, 0.717) is 34.6 Å². The zero-order valence-electron chi connectivity index (χ0n) is 66.2. The summed E-state index contributed by atoms with van der Waals surface area (Å²) in [5.41, 5.74) is 1.64. The van der Waals surface area contributed by atoms with Gasteiger partial charge in [0.15, 0.2) is 0 Å². The second kappa shape index (κ2) is 54.2. The van der Waals surface area contributed by atoms with Crippen LogP contribution in [0.2, 0.25) is 0 Å². The molecule has 10 heteroatoms. The molecule has 1 aromatic carbocycles. The molecule has 0 saturated heterocycles. The molecule has 0 radical (unpaired) electrons. The van der Waals surface area contributed by atoms with E-state index >= 15 is 0 Å². The summed E-state index contributed by atoms with van der Waals surface area (Å²) in [5, 5.41) is 0. The van der Waals surface area contributed by atoms with Gasteiger partial charge in [0, 0.05) is 61.5 Å². The van der Waals surface area contributed by atoms with E-state index in [2.05, 4.69) is 187 Å². The van der Waals surface area contributed by atoms with Crippen molar-refractivity contribution in [2.45, 2.75) is 372 Å². The molecular weight excluding hydrogens is 1070 g/mol. The Bertz CT molecular complexity index is 1450. The number of unbranched alkanes of at least 4 members (excludes halogenated alkanes) is 2. The van der Waals surface area contributed by atoms with Crippen molar-refractivity contribution >= 4 is 0 Å². The number of para-hydroxylation sites is 1. The first kappa shape index (κ1) is 101. The molecule has 10 nitrogen and oxygen atoms in total. The van der Waals surface area contributed by atoms with Gasteiger partial charge in [0.25, 0.3) is 0 Å². The van der Waals surface area contributed by atoms with E-state index in [1.165, 1.54) is 64.2 Å². The SMILES string of the molecule is CC(C)(C)OC1CCCC1.CC(C)(C)Oc1ccccc1.CC(C)OC(C)(C)C.CCCCOC(C)(C)C.CCCCOCCC(C)(C)C.CCOC(C)(C)C.COC(C)(C)C.COC(C)C(C)(C)C.COCC(C)(C)C.COCCCC(C)(C)C. The molecule has 1 unspecified atom stereocenters. The van der Waals surface area contributed by atoms with Gasteiger partial charge in [-0.3, -0.25) is 0 Å². The Morgan fingerprint density at radius 2 is 0.872 bits per heavy atom. The lowest BCUT2D eigenvalue weighted by Gasteiger charge is -2.25. The van der Waals surface area contributed by atoms with Crippen LogP contribution in [0.5, 0.6) is 5.75 Å². The van der Waals surface area contributed by atoms with Crippen LogP contribution >= 0.6 is 0 Å². The predicted molar refractivity (Wildman–Crippen MR) is 382 cm³/mol. The third-order valence-electron chi connectivity index (χ3n) is 10.9. The highest BCUT2D eigenvalue weighted by Crippen LogP contribution is 2.26. The lowest BCUT2D eigenvalue weighted by Crippen LogP contribution is -2.25. The molecule has 1 atom stereocenters. The summed E-state index contributed by atoms with van der Waals surface area (Å²) in [5.74, 6) is 0.931. The minimum absolute atomic E-state index is 0.0220. The minimum Gasteiger partial charge on any atom is -0.488 e. The van der Waals surface area contributed by atoms with Crippen molar-refractivity contribution in [2.24, 2.45) is 21.7 Å². The van der Waals surface area contributed by atoms with Gasteiger partial charge in [0.2, 0.25) is 0 Å². The van der Waals surface area contributed by atoms with Gasteiger partial charge in [-0.05, 0) is 231 Å². The quantitative estimate of drug-likeness (QED) is 0.140. The van der Waals surface area contributed by atoms with E-state index in [0.717, 1.165) is 51.8 Å². The van der Waals surface area contributed by atoms with Crippen molar-refractivity contribution < 1.29 is 47.4 Å². The molecule has 1 aromatic rings. The summed E-state index contributed by atoms with van der Waals surface area (Å²) in [7, 11) is 6.93. The molecule has 1 aliphatic rings. The van der Waals surface area contributed by atoms with Gasteiger partial charge in [0.1, 0.15) is 11.4 Å². The van der Waals surface area contributed by atoms with Gasteiger partial charge < -0.3 is 47.4 Å². The fraction of sp³-hybridized carbons (Fsp3) is 0.921. The van der Waals surface area contributed by atoms with Crippen LogP contribution in [-0.2, 0) is 42.6 Å². The Hall–Kier alpha value is -1.34. The van der Waals surface area contributed by atoms with Gasteiger partial charge in [-0.25, -0.2) is 0 Å². The van der Waals surface area contributed by atoms with Crippen LogP contribution < -0.4 is 4.74 Å². The average Bonchev–Trinajstić information content (AvgIpc) is 3.79. The predicted octanol–water partition coefficient (Wildman–Crippen LogP) is 23.1. The van der Waals surface area contributed by atoms with E-state index in [1.807, 2.05) is 92.6 Å². The summed E-state index contributed by atoms with van der Waals surface area (Å²) in [6.07, 6.45) is 14.9. The zero-order chi connectivity index (χ0) is 69.9. The number of hydrogen-bond donors (Lipinski definition) is 0. The first-order valence-electron chi connectivity index (χ1n) is 33.4. The second-order valence-electron chi connectivity index (χ2n) is 33.3. The topological polar surface area (TPSA) is 92.3 Å². The maximum atomic E-state index is 5.80. The Morgan fingerprint density at radius 3 is 1.10 bits per heavy atom. The van der Waals surface area contributed by atoms with Crippen molar-refractivity contribution in [3.63, 3.8) is 0 Å². The van der Waals surface area contributed by atoms with Gasteiger partial charge in [-0.1, -0.05) is 141 Å². The van der Waals surface area contributed by atoms with Gasteiger partial charge in [-0.2, -0.15) is 0 Å². The van der Waals surface area contributed by atoms with E-state index in [9.17, 15) is 0 Å². The van der Waals surface area contributed by atoms with Crippen molar-refractivity contribution in [1.29, 1.82) is 0 Å². The molecular formula is C76H162O10. The first-order chi connectivity index (χ1) is 38.4. The standard InChI is InChI=1S/C10H14O.C10H22O.C9H18O.2C8H18O.2C7H16O.2C6H14O.C5H12O/c1-10(2,3)11-9-7-5-4-6-8-9;1-5-6-8-11-9-7-10(2,3)4;1-9(2,3)10-8-6-4-5-7-8;1-8(2,3)6-5-7-9-4;1-5-6-7-9-8(2,3)4;1-6(8-5)7(2,3)4;1-6(2)8-7(3,4)5;1-6(2,3)5-7-4;1-5-7-6(2,3)4;1-5(2,3)6-4/h4-8H,1-3H3;5-9H2,1-4H3;8H,4-7H2,1-3H3;2*5-7H2,1-4H3;2*6H,1-5H3;2*5H2,1-4H3;1-4H3. The Balaban J connectivity index is -0.000000132. The summed E-state index contributed by atoms with van der Waals surface area (Å²) in [4.78, 5) is 0. The lowest BCUT2D eigenvalue weighted by atomic mass is 9.90. The largest absolute Gasteiger partial charge is 0.488 e. The second-order valence-corrected chi connectivity index (χ2v) is 33.3. The monoisotopic (exact) mass is 1240 g/mol. The Kier molecular flexibility index (Phi) is 63.6. The molecule has 0 aliphatic heterocycles. The lowest BCUT2D eigenvalue weighted by molar-refractivity contribution is -0.0558. The molecule has 1 fully saturated rings. The Labute approximate surface area is 542 Å². The first-order valence-corrected chi connectivity index (χ1v) is 33.4. The van der Waals surface area contributed by atoms with Gasteiger partial charge in [-0.15, -0.1) is 0 Å². The van der Waals surface area contributed by atoms with E-state index in [-0.39, 0.29) is 39.0 Å². The summed E-state index contributed by atoms with van der Waals surface area (Å²) in [6, 6.07) is 9.86. The van der Waals surface area contributed by atoms with Crippen LogP contribution in [0.15, 0.2) is 30.3 Å². The highest BCUT2D eigenvalue weighted by atomic mass is 16.5. The molecule has 2 rings (SSSR count). The maximum absolute atomic E-state index is 5.80. The van der Waals surface area contributed by atoms with Crippen molar-refractivity contribution in [3.05, 3.63) is 30.3 Å². The number of benzene rings is 1. The molecule has 0 spiro atoms. The molecule has 526 valence electrons. The van der Waals surface area contributed by atoms with Gasteiger partial charge in [0.05, 0.1) is 52.9 Å². The fourth-order valence-electron chi connectivity index (χ4n) is 6.27. The molecule has 0 N–H and O–H groups in total. The van der Waals surface area contributed by atoms with E-state index < -0.39 is 0 Å². The smallest absolute Gasteiger partial charge is 0.120 e. The van der Waals surface area contributed by atoms with Crippen molar-refractivity contribution in [3.8, 4) is 5.75 Å². The average molecular weight is 1240 g/mol. The highest BCUT2D eigenvalue weighted by Gasteiger charge is 2.22. The van der Waals surface area contributed by atoms with Crippen molar-refractivity contribution in [1.82, 2.24) is 0 Å². The van der Waals surface area contributed by atoms with E-state index in [1.54, 1.807) is 28.4 Å². The third kappa shape index (κ3) is 120. The third-order valence-corrected chi connectivity index (χ3v) is 10.9. The molecule has 0 aromatic heterocycles. The van der Waals surface area contributed by atoms with Crippen LogP contribution in [0.1, 0.15) is 320 Å². The Morgan fingerprint density at radius 1 is 0.442 bits per heavy atom. The van der Waals surface area contributed by atoms with Crippen LogP contribution in [0.3, 0.4) is 0 Å². The number of ether oxygens (including phenoxy) is 10. The van der Waals surface area contributed by atoms with Crippen LogP contribution in [0.25, 0.3) is 0 Å². The summed E-state index contributed by atoms with van der Waals surface area (Å²) < 4.78 is 52.9. The van der Waals surface area contributed by atoms with Crippen LogP contribution in [0, 0.1) is 21.7 Å². The highest BCUT2D eigenvalue weighted by molar-refractivity contribution is 5.21.